The summed E-state index contributed by atoms with van der Waals surface area (Å²) in [5.74, 6) is 0. The van der Waals surface area contributed by atoms with Crippen LogP contribution in [0.15, 0.2) is 48.5 Å². The molecule has 4 heteroatoms. The van der Waals surface area contributed by atoms with Crippen molar-refractivity contribution < 1.29 is 9.53 Å². The van der Waals surface area contributed by atoms with Gasteiger partial charge in [0.15, 0.2) is 0 Å². The molecule has 0 aliphatic rings. The molecule has 0 radical (unpaired) electrons. The number of amides is 1. The van der Waals surface area contributed by atoms with Gasteiger partial charge in [-0.3, -0.25) is 0 Å². The van der Waals surface area contributed by atoms with Crippen LogP contribution in [-0.2, 0) is 11.3 Å². The van der Waals surface area contributed by atoms with Gasteiger partial charge in [-0.1, -0.05) is 36.4 Å². The summed E-state index contributed by atoms with van der Waals surface area (Å²) in [5.41, 5.74) is 2.32. The first-order valence-electron chi connectivity index (χ1n) is 7.67. The molecule has 23 heavy (non-hydrogen) atoms. The van der Waals surface area contributed by atoms with Gasteiger partial charge in [0.1, 0.15) is 5.60 Å². The summed E-state index contributed by atoms with van der Waals surface area (Å²) in [6, 6.07) is 16.1. The Morgan fingerprint density at radius 3 is 2.61 bits per heavy atom. The number of nitrogens with zero attached hydrogens (tertiary/aromatic N) is 1. The van der Waals surface area contributed by atoms with Gasteiger partial charge in [0, 0.05) is 17.3 Å². The quantitative estimate of drug-likeness (QED) is 0.713. The lowest BCUT2D eigenvalue weighted by Gasteiger charge is -2.19. The van der Waals surface area contributed by atoms with Crippen molar-refractivity contribution in [2.45, 2.75) is 32.9 Å². The van der Waals surface area contributed by atoms with Crippen molar-refractivity contribution in [2.75, 3.05) is 0 Å². The Morgan fingerprint density at radius 2 is 1.83 bits per heavy atom. The van der Waals surface area contributed by atoms with Crippen molar-refractivity contribution in [3.8, 4) is 0 Å². The number of benzene rings is 2. The number of carbonyl (C=O) groups is 1. The van der Waals surface area contributed by atoms with Gasteiger partial charge < -0.3 is 10.1 Å². The van der Waals surface area contributed by atoms with Crippen molar-refractivity contribution in [1.82, 2.24) is 10.3 Å². The zero-order chi connectivity index (χ0) is 16.4. The van der Waals surface area contributed by atoms with Gasteiger partial charge in [0.2, 0.25) is 0 Å². The largest absolute Gasteiger partial charge is 0.444 e. The number of aromatic nitrogens is 1. The van der Waals surface area contributed by atoms with Crippen molar-refractivity contribution in [2.24, 2.45) is 0 Å². The molecule has 0 bridgehead atoms. The lowest BCUT2D eigenvalue weighted by atomic mass is 10.1. The molecule has 0 unspecified atom stereocenters. The number of pyridine rings is 1. The summed E-state index contributed by atoms with van der Waals surface area (Å²) in [4.78, 5) is 16.6. The van der Waals surface area contributed by atoms with Crippen LogP contribution in [0.3, 0.4) is 0 Å². The molecule has 0 aliphatic heterocycles. The molecular weight excluding hydrogens is 288 g/mol. The zero-order valence-corrected chi connectivity index (χ0v) is 13.6. The van der Waals surface area contributed by atoms with E-state index in [2.05, 4.69) is 11.4 Å². The topological polar surface area (TPSA) is 51.2 Å². The summed E-state index contributed by atoms with van der Waals surface area (Å²) in [6.45, 7) is 5.92. The lowest BCUT2D eigenvalue weighted by molar-refractivity contribution is 0.0524. The molecule has 0 aliphatic carbocycles. The molecule has 0 spiro atoms. The summed E-state index contributed by atoms with van der Waals surface area (Å²) in [5, 5.41) is 4.97. The van der Waals surface area contributed by atoms with Crippen LogP contribution in [0, 0.1) is 0 Å². The van der Waals surface area contributed by atoms with E-state index < -0.39 is 11.7 Å². The standard InChI is InChI=1S/C19H20N2O2/c1-19(2,3)23-18(22)20-12-15-9-6-8-14-11-13-7-4-5-10-16(13)21-17(14)15/h4-11H,12H2,1-3H3,(H,20,22). The normalized spacial score (nSPS) is 11.6. The molecule has 2 aromatic carbocycles. The number of fused-ring (bicyclic) bond motifs is 2. The minimum absolute atomic E-state index is 0.387. The highest BCUT2D eigenvalue weighted by molar-refractivity contribution is 5.94. The predicted molar refractivity (Wildman–Crippen MR) is 92.3 cm³/mol. The molecule has 0 saturated carbocycles. The third-order valence-corrected chi connectivity index (χ3v) is 3.45. The number of alkyl carbamates (subject to hydrolysis) is 1. The fraction of sp³-hybridized carbons (Fsp3) is 0.263. The molecule has 0 atom stereocenters. The average molecular weight is 308 g/mol. The Morgan fingerprint density at radius 1 is 1.09 bits per heavy atom. The van der Waals surface area contributed by atoms with Crippen molar-refractivity contribution in [1.29, 1.82) is 0 Å². The third-order valence-electron chi connectivity index (χ3n) is 3.45. The van der Waals surface area contributed by atoms with E-state index in [-0.39, 0.29) is 0 Å². The van der Waals surface area contributed by atoms with Crippen LogP contribution in [-0.4, -0.2) is 16.7 Å². The minimum atomic E-state index is -0.503. The van der Waals surface area contributed by atoms with E-state index >= 15 is 0 Å². The zero-order valence-electron chi connectivity index (χ0n) is 13.6. The Labute approximate surface area is 135 Å². The Kier molecular flexibility index (Phi) is 3.90. The SMILES string of the molecule is CC(C)(C)OC(=O)NCc1cccc2cc3ccccc3nc12. The van der Waals surface area contributed by atoms with Gasteiger partial charge in [-0.05, 0) is 38.5 Å². The molecule has 3 aromatic rings. The number of carbonyl (C=O) groups excluding carboxylic acids is 1. The first-order valence-corrected chi connectivity index (χ1v) is 7.67. The van der Waals surface area contributed by atoms with E-state index in [4.69, 9.17) is 9.72 Å². The van der Waals surface area contributed by atoms with E-state index in [9.17, 15) is 4.79 Å². The summed E-state index contributed by atoms with van der Waals surface area (Å²) in [7, 11) is 0. The van der Waals surface area contributed by atoms with Crippen LogP contribution in [0.1, 0.15) is 26.3 Å². The molecule has 1 amide bonds. The fourth-order valence-electron chi connectivity index (χ4n) is 2.49. The van der Waals surface area contributed by atoms with Gasteiger partial charge in [0.25, 0.3) is 0 Å². The molecule has 3 rings (SSSR count). The van der Waals surface area contributed by atoms with Crippen LogP contribution in [0.2, 0.25) is 0 Å². The fourth-order valence-corrected chi connectivity index (χ4v) is 2.49. The first kappa shape index (κ1) is 15.3. The van der Waals surface area contributed by atoms with Gasteiger partial charge in [-0.2, -0.15) is 0 Å². The van der Waals surface area contributed by atoms with Crippen LogP contribution in [0.25, 0.3) is 21.8 Å². The Bertz CT molecular complexity index is 866. The van der Waals surface area contributed by atoms with E-state index in [0.29, 0.717) is 6.54 Å². The number of hydrogen-bond donors (Lipinski definition) is 1. The number of hydrogen-bond acceptors (Lipinski definition) is 3. The molecule has 4 nitrogen and oxygen atoms in total. The summed E-state index contributed by atoms with van der Waals surface area (Å²) < 4.78 is 5.27. The van der Waals surface area contributed by atoms with E-state index in [1.165, 1.54) is 0 Å². The second-order valence-corrected chi connectivity index (χ2v) is 6.53. The van der Waals surface area contributed by atoms with E-state index in [0.717, 1.165) is 27.4 Å². The van der Waals surface area contributed by atoms with Gasteiger partial charge in [0.05, 0.1) is 11.0 Å². The molecule has 0 fully saturated rings. The highest BCUT2D eigenvalue weighted by Crippen LogP contribution is 2.22. The van der Waals surface area contributed by atoms with Crippen LogP contribution in [0.4, 0.5) is 4.79 Å². The summed E-state index contributed by atoms with van der Waals surface area (Å²) >= 11 is 0. The third kappa shape index (κ3) is 3.59. The van der Waals surface area contributed by atoms with Gasteiger partial charge in [-0.15, -0.1) is 0 Å². The summed E-state index contributed by atoms with van der Waals surface area (Å²) in [6.07, 6.45) is -0.421. The molecule has 1 N–H and O–H groups in total. The molecule has 1 heterocycles. The smallest absolute Gasteiger partial charge is 0.407 e. The maximum atomic E-state index is 11.8. The number of rotatable bonds is 2. The molecule has 1 aromatic heterocycles. The van der Waals surface area contributed by atoms with Crippen molar-refractivity contribution in [3.63, 3.8) is 0 Å². The maximum Gasteiger partial charge on any atom is 0.407 e. The molecule has 118 valence electrons. The molecular formula is C19H20N2O2. The highest BCUT2D eigenvalue weighted by Gasteiger charge is 2.16. The van der Waals surface area contributed by atoms with Crippen LogP contribution < -0.4 is 5.32 Å². The monoisotopic (exact) mass is 308 g/mol. The number of nitrogens with one attached hydrogen (secondary N) is 1. The van der Waals surface area contributed by atoms with Crippen LogP contribution >= 0.6 is 0 Å². The molecule has 0 saturated heterocycles. The highest BCUT2D eigenvalue weighted by atomic mass is 16.6. The van der Waals surface area contributed by atoms with Crippen molar-refractivity contribution >= 4 is 27.9 Å². The average Bonchev–Trinajstić information content (AvgIpc) is 2.49. The Hall–Kier alpha value is -2.62. The van der Waals surface area contributed by atoms with Gasteiger partial charge >= 0.3 is 6.09 Å². The predicted octanol–water partition coefficient (Wildman–Crippen LogP) is 4.41. The maximum absolute atomic E-state index is 11.8. The van der Waals surface area contributed by atoms with Gasteiger partial charge in [-0.25, -0.2) is 9.78 Å². The van der Waals surface area contributed by atoms with E-state index in [1.54, 1.807) is 0 Å². The second-order valence-electron chi connectivity index (χ2n) is 6.53. The van der Waals surface area contributed by atoms with Crippen molar-refractivity contribution in [3.05, 3.63) is 54.1 Å². The van der Waals surface area contributed by atoms with Crippen LogP contribution in [0.5, 0.6) is 0 Å². The number of para-hydroxylation sites is 2. The first-order chi connectivity index (χ1) is 10.9. The Balaban J connectivity index is 1.89. The lowest BCUT2D eigenvalue weighted by Crippen LogP contribution is -2.32. The van der Waals surface area contributed by atoms with E-state index in [1.807, 2.05) is 63.2 Å². The second kappa shape index (κ2) is 5.88. The minimum Gasteiger partial charge on any atom is -0.444 e. The number of ether oxygens (including phenoxy) is 1.